The van der Waals surface area contributed by atoms with Crippen LogP contribution in [0.3, 0.4) is 0 Å². The van der Waals surface area contributed by atoms with Crippen molar-refractivity contribution >= 4 is 38.0 Å². The van der Waals surface area contributed by atoms with E-state index < -0.39 is 15.6 Å². The number of benzene rings is 2. The lowest BCUT2D eigenvalue weighted by molar-refractivity contribution is 0.560. The highest BCUT2D eigenvalue weighted by Crippen LogP contribution is 2.36. The molecule has 0 N–H and O–H groups in total. The maximum atomic E-state index is 13.3. The summed E-state index contributed by atoms with van der Waals surface area (Å²) in [5, 5.41) is 3.57. The maximum absolute atomic E-state index is 13.3. The number of aromatic nitrogens is 1. The molecule has 0 amide bonds. The molecule has 0 saturated carbocycles. The van der Waals surface area contributed by atoms with E-state index in [0.29, 0.717) is 29.6 Å². The smallest absolute Gasteiger partial charge is 0.336 e. The van der Waals surface area contributed by atoms with E-state index in [9.17, 15) is 13.2 Å². The minimum Gasteiger partial charge on any atom is -0.423 e. The molecule has 1 aliphatic heterocycles. The van der Waals surface area contributed by atoms with Crippen molar-refractivity contribution in [1.82, 2.24) is 4.98 Å². The van der Waals surface area contributed by atoms with Crippen LogP contribution in [0.1, 0.15) is 10.6 Å². The van der Waals surface area contributed by atoms with E-state index in [4.69, 9.17) is 4.42 Å². The van der Waals surface area contributed by atoms with Crippen LogP contribution in [0.25, 0.3) is 22.2 Å². The van der Waals surface area contributed by atoms with Crippen LogP contribution < -0.4 is 9.93 Å². The monoisotopic (exact) mass is 424 g/mol. The molecule has 4 aromatic rings. The Labute approximate surface area is 171 Å². The highest BCUT2D eigenvalue weighted by Gasteiger charge is 2.31. The van der Waals surface area contributed by atoms with Crippen LogP contribution in [0, 0.1) is 6.92 Å². The Kier molecular flexibility index (Phi) is 4.07. The number of fused-ring (bicyclic) bond motifs is 2. The molecule has 1 aliphatic rings. The molecule has 29 heavy (non-hydrogen) atoms. The molecule has 0 saturated heterocycles. The van der Waals surface area contributed by atoms with Crippen molar-refractivity contribution in [3.8, 4) is 11.3 Å². The summed E-state index contributed by atoms with van der Waals surface area (Å²) in [7, 11) is -3.73. The highest BCUT2D eigenvalue weighted by molar-refractivity contribution is 7.92. The molecule has 0 fully saturated rings. The lowest BCUT2D eigenvalue weighted by Crippen LogP contribution is -2.29. The van der Waals surface area contributed by atoms with Crippen molar-refractivity contribution in [3.05, 3.63) is 74.9 Å². The van der Waals surface area contributed by atoms with Gasteiger partial charge in [-0.2, -0.15) is 0 Å². The quantitative estimate of drug-likeness (QED) is 0.465. The second kappa shape index (κ2) is 6.53. The minimum atomic E-state index is -3.73. The molecule has 0 unspecified atom stereocenters. The molecule has 2 aromatic heterocycles. The Bertz CT molecular complexity index is 1420. The summed E-state index contributed by atoms with van der Waals surface area (Å²) in [5.74, 6) is 0. The SMILES string of the molecule is Cc1nc(-c2ccc3c(c2)CCN3S(=O)(=O)c2ccc3oc(=O)ccc3c2)cs1. The number of nitrogens with zero attached hydrogens (tertiary/aromatic N) is 2. The molecular formula is C21H16N2O4S2. The van der Waals surface area contributed by atoms with E-state index in [1.54, 1.807) is 17.4 Å². The first-order chi connectivity index (χ1) is 13.9. The predicted molar refractivity (Wildman–Crippen MR) is 113 cm³/mol. The predicted octanol–water partition coefficient (Wildman–Crippen LogP) is 3.98. The first-order valence-electron chi connectivity index (χ1n) is 9.04. The third-order valence-corrected chi connectivity index (χ3v) is 7.61. The molecule has 0 bridgehead atoms. The molecule has 0 radical (unpaired) electrons. The maximum Gasteiger partial charge on any atom is 0.336 e. The van der Waals surface area contributed by atoms with Crippen LogP contribution in [-0.2, 0) is 16.4 Å². The van der Waals surface area contributed by atoms with Crippen LogP contribution in [0.5, 0.6) is 0 Å². The number of thiazole rings is 1. The summed E-state index contributed by atoms with van der Waals surface area (Å²) in [6.45, 7) is 2.35. The average Bonchev–Trinajstić information content (AvgIpc) is 3.33. The van der Waals surface area contributed by atoms with E-state index >= 15 is 0 Å². The number of rotatable bonds is 3. The summed E-state index contributed by atoms with van der Waals surface area (Å²) in [6.07, 6.45) is 0.647. The average molecular weight is 425 g/mol. The Hall–Kier alpha value is -2.97. The third kappa shape index (κ3) is 3.04. The van der Waals surface area contributed by atoms with Gasteiger partial charge in [0.2, 0.25) is 0 Å². The standard InChI is InChI=1S/C21H16N2O4S2/c1-13-22-18(12-28-13)14-2-5-19-15(10-14)8-9-23(19)29(25,26)17-4-6-20-16(11-17)3-7-21(24)27-20/h2-7,10-12H,8-9H2,1H3. The van der Waals surface area contributed by atoms with Crippen LogP contribution in [0.4, 0.5) is 5.69 Å². The fraction of sp³-hybridized carbons (Fsp3) is 0.143. The van der Waals surface area contributed by atoms with Crippen molar-refractivity contribution in [2.75, 3.05) is 10.8 Å². The van der Waals surface area contributed by atoms with E-state index in [0.717, 1.165) is 21.8 Å². The summed E-state index contributed by atoms with van der Waals surface area (Å²) < 4.78 is 33.1. The molecule has 8 heteroatoms. The van der Waals surface area contributed by atoms with Crippen molar-refractivity contribution in [2.45, 2.75) is 18.2 Å². The van der Waals surface area contributed by atoms with Gasteiger partial charge in [0.25, 0.3) is 10.0 Å². The summed E-state index contributed by atoms with van der Waals surface area (Å²) >= 11 is 1.59. The number of sulfonamides is 1. The van der Waals surface area contributed by atoms with Crippen LogP contribution in [-0.4, -0.2) is 19.9 Å². The fourth-order valence-electron chi connectivity index (χ4n) is 3.61. The second-order valence-electron chi connectivity index (χ2n) is 6.88. The number of hydrogen-bond donors (Lipinski definition) is 0. The first-order valence-corrected chi connectivity index (χ1v) is 11.4. The van der Waals surface area contributed by atoms with E-state index in [-0.39, 0.29) is 4.90 Å². The molecule has 0 aliphatic carbocycles. The van der Waals surface area contributed by atoms with Gasteiger partial charge in [0.1, 0.15) is 5.58 Å². The minimum absolute atomic E-state index is 0.172. The van der Waals surface area contributed by atoms with E-state index in [1.165, 1.54) is 28.6 Å². The van der Waals surface area contributed by atoms with E-state index in [2.05, 4.69) is 4.98 Å². The molecule has 3 heterocycles. The van der Waals surface area contributed by atoms with Gasteiger partial charge in [-0.25, -0.2) is 18.2 Å². The normalized spacial score (nSPS) is 13.8. The largest absolute Gasteiger partial charge is 0.423 e. The first kappa shape index (κ1) is 18.1. The lowest BCUT2D eigenvalue weighted by Gasteiger charge is -2.20. The van der Waals surface area contributed by atoms with Crippen LogP contribution >= 0.6 is 11.3 Å². The molecule has 5 rings (SSSR count). The summed E-state index contributed by atoms with van der Waals surface area (Å²) in [6, 6.07) is 13.2. The van der Waals surface area contributed by atoms with Crippen LogP contribution in [0.2, 0.25) is 0 Å². The molecule has 2 aromatic carbocycles. The number of aryl methyl sites for hydroxylation is 1. The summed E-state index contributed by atoms with van der Waals surface area (Å²) in [5.41, 5.74) is 3.48. The lowest BCUT2D eigenvalue weighted by atomic mass is 10.1. The Morgan fingerprint density at radius 2 is 1.97 bits per heavy atom. The van der Waals surface area contributed by atoms with Crippen molar-refractivity contribution in [3.63, 3.8) is 0 Å². The molecule has 6 nitrogen and oxygen atoms in total. The number of anilines is 1. The third-order valence-electron chi connectivity index (χ3n) is 5.03. The van der Waals surface area contributed by atoms with Crippen LogP contribution in [0.15, 0.2) is 68.0 Å². The van der Waals surface area contributed by atoms with Crippen molar-refractivity contribution in [2.24, 2.45) is 0 Å². The highest BCUT2D eigenvalue weighted by atomic mass is 32.2. The number of hydrogen-bond acceptors (Lipinski definition) is 6. The van der Waals surface area contributed by atoms with Crippen molar-refractivity contribution < 1.29 is 12.8 Å². The zero-order valence-electron chi connectivity index (χ0n) is 15.5. The zero-order chi connectivity index (χ0) is 20.2. The van der Waals surface area contributed by atoms with Gasteiger partial charge in [-0.05, 0) is 55.3 Å². The zero-order valence-corrected chi connectivity index (χ0v) is 17.1. The fourth-order valence-corrected chi connectivity index (χ4v) is 5.78. The van der Waals surface area contributed by atoms with Gasteiger partial charge >= 0.3 is 5.63 Å². The van der Waals surface area contributed by atoms with Gasteiger partial charge in [0, 0.05) is 28.9 Å². The van der Waals surface area contributed by atoms with Gasteiger partial charge in [0.05, 0.1) is 21.3 Å². The van der Waals surface area contributed by atoms with Crippen molar-refractivity contribution in [1.29, 1.82) is 0 Å². The molecule has 146 valence electrons. The Morgan fingerprint density at radius 3 is 2.76 bits per heavy atom. The summed E-state index contributed by atoms with van der Waals surface area (Å²) in [4.78, 5) is 16.0. The Morgan fingerprint density at radius 1 is 1.10 bits per heavy atom. The molecule has 0 spiro atoms. The Balaban J connectivity index is 1.54. The molecular weight excluding hydrogens is 408 g/mol. The molecule has 0 atom stereocenters. The van der Waals surface area contributed by atoms with Gasteiger partial charge in [-0.15, -0.1) is 11.3 Å². The van der Waals surface area contributed by atoms with Gasteiger partial charge < -0.3 is 4.42 Å². The van der Waals surface area contributed by atoms with Gasteiger partial charge in [0.15, 0.2) is 0 Å². The van der Waals surface area contributed by atoms with Gasteiger partial charge in [-0.1, -0.05) is 6.07 Å². The second-order valence-corrected chi connectivity index (χ2v) is 9.80. The van der Waals surface area contributed by atoms with E-state index in [1.807, 2.05) is 30.5 Å². The topological polar surface area (TPSA) is 80.5 Å². The van der Waals surface area contributed by atoms with Gasteiger partial charge in [-0.3, -0.25) is 4.31 Å².